The van der Waals surface area contributed by atoms with Gasteiger partial charge >= 0.3 is 5.97 Å². The van der Waals surface area contributed by atoms with Crippen LogP contribution in [-0.2, 0) is 17.8 Å². The Morgan fingerprint density at radius 3 is 2.77 bits per heavy atom. The van der Waals surface area contributed by atoms with Crippen molar-refractivity contribution in [3.8, 4) is 16.9 Å². The summed E-state index contributed by atoms with van der Waals surface area (Å²) in [5, 5.41) is 13.7. The van der Waals surface area contributed by atoms with E-state index < -0.39 is 5.97 Å². The van der Waals surface area contributed by atoms with Gasteiger partial charge in [-0.3, -0.25) is 14.5 Å². The van der Waals surface area contributed by atoms with E-state index in [0.717, 1.165) is 52.1 Å². The Hall–Kier alpha value is -4.46. The molecule has 1 aliphatic heterocycles. The first-order valence-electron chi connectivity index (χ1n) is 13.2. The van der Waals surface area contributed by atoms with E-state index in [1.807, 2.05) is 41.6 Å². The van der Waals surface area contributed by atoms with Gasteiger partial charge in [0.2, 0.25) is 5.91 Å². The summed E-state index contributed by atoms with van der Waals surface area (Å²) in [5.74, 6) is -0.0181. The molecule has 3 heterocycles. The molecule has 0 aliphatic carbocycles. The smallest absolute Gasteiger partial charge is 0.337 e. The minimum absolute atomic E-state index is 0.110. The van der Waals surface area contributed by atoms with Gasteiger partial charge in [0.15, 0.2) is 0 Å². The van der Waals surface area contributed by atoms with E-state index in [1.165, 1.54) is 11.8 Å². The van der Waals surface area contributed by atoms with Gasteiger partial charge in [0.05, 0.1) is 24.9 Å². The number of aryl methyl sites for hydroxylation is 1. The standard InChI is InChI=1S/C31H32N4O4/c1-21-7-3-11-29(22(21)2)39-14-6-12-30(36)35-13-5-9-27-26(8-4-10-28(27)35)25-18-33-34(20-25)19-23-15-24(31(37)38)17-32-16-23/h3-4,7-8,10-11,15-18,20H,5-6,9,12-14,19H2,1-2H3,(H,37,38). The topological polar surface area (TPSA) is 97.5 Å². The molecule has 5 rings (SSSR count). The lowest BCUT2D eigenvalue weighted by molar-refractivity contribution is -0.118. The number of aromatic nitrogens is 3. The van der Waals surface area contributed by atoms with Crippen molar-refractivity contribution in [3.05, 3.63) is 95.1 Å². The highest BCUT2D eigenvalue weighted by Crippen LogP contribution is 2.36. The molecule has 2 aromatic heterocycles. The van der Waals surface area contributed by atoms with Crippen LogP contribution in [0, 0.1) is 13.8 Å². The van der Waals surface area contributed by atoms with E-state index in [0.29, 0.717) is 32.5 Å². The van der Waals surface area contributed by atoms with Crippen LogP contribution in [0.15, 0.2) is 67.3 Å². The molecule has 0 bridgehead atoms. The first kappa shape index (κ1) is 26.2. The van der Waals surface area contributed by atoms with Crippen molar-refractivity contribution < 1.29 is 19.4 Å². The van der Waals surface area contributed by atoms with E-state index in [9.17, 15) is 14.7 Å². The Morgan fingerprint density at radius 1 is 1.08 bits per heavy atom. The number of carboxylic acids is 1. The molecule has 200 valence electrons. The molecule has 1 amide bonds. The van der Waals surface area contributed by atoms with Gasteiger partial charge in [-0.25, -0.2) is 4.79 Å². The highest BCUT2D eigenvalue weighted by Gasteiger charge is 2.24. The highest BCUT2D eigenvalue weighted by atomic mass is 16.5. The monoisotopic (exact) mass is 524 g/mol. The average Bonchev–Trinajstić information content (AvgIpc) is 3.40. The molecule has 1 N–H and O–H groups in total. The first-order chi connectivity index (χ1) is 18.9. The van der Waals surface area contributed by atoms with Crippen molar-refractivity contribution in [2.24, 2.45) is 0 Å². The lowest BCUT2D eigenvalue weighted by Crippen LogP contribution is -2.35. The van der Waals surface area contributed by atoms with Crippen LogP contribution in [0.3, 0.4) is 0 Å². The summed E-state index contributed by atoms with van der Waals surface area (Å²) in [7, 11) is 0. The van der Waals surface area contributed by atoms with Gasteiger partial charge in [-0.15, -0.1) is 0 Å². The zero-order valence-electron chi connectivity index (χ0n) is 22.3. The van der Waals surface area contributed by atoms with Gasteiger partial charge in [-0.05, 0) is 79.1 Å². The Morgan fingerprint density at radius 2 is 1.92 bits per heavy atom. The predicted octanol–water partition coefficient (Wildman–Crippen LogP) is 5.45. The van der Waals surface area contributed by atoms with Crippen LogP contribution in [0.1, 0.15) is 51.9 Å². The van der Waals surface area contributed by atoms with Crippen molar-refractivity contribution in [1.29, 1.82) is 0 Å². The number of carbonyl (C=O) groups excluding carboxylic acids is 1. The third-order valence-corrected chi connectivity index (χ3v) is 7.23. The number of hydrogen-bond acceptors (Lipinski definition) is 5. The number of carboxylic acid groups (broad SMARTS) is 1. The van der Waals surface area contributed by atoms with Crippen molar-refractivity contribution in [2.75, 3.05) is 18.1 Å². The summed E-state index contributed by atoms with van der Waals surface area (Å²) in [4.78, 5) is 30.4. The van der Waals surface area contributed by atoms with E-state index in [1.54, 1.807) is 16.9 Å². The van der Waals surface area contributed by atoms with Crippen molar-refractivity contribution in [2.45, 2.75) is 46.1 Å². The normalized spacial score (nSPS) is 12.7. The zero-order chi connectivity index (χ0) is 27.4. The highest BCUT2D eigenvalue weighted by molar-refractivity contribution is 5.96. The summed E-state index contributed by atoms with van der Waals surface area (Å²) in [6, 6.07) is 13.7. The van der Waals surface area contributed by atoms with E-state index in [4.69, 9.17) is 4.74 Å². The van der Waals surface area contributed by atoms with Gasteiger partial charge in [0, 0.05) is 42.8 Å². The van der Waals surface area contributed by atoms with Crippen LogP contribution >= 0.6 is 0 Å². The Kier molecular flexibility index (Phi) is 7.72. The number of benzene rings is 2. The van der Waals surface area contributed by atoms with Crippen LogP contribution in [0.2, 0.25) is 0 Å². The molecule has 0 radical (unpaired) electrons. The molecule has 0 saturated heterocycles. The number of nitrogens with zero attached hydrogens (tertiary/aromatic N) is 4. The quantitative estimate of drug-likeness (QED) is 0.293. The number of fused-ring (bicyclic) bond motifs is 1. The number of rotatable bonds is 9. The van der Waals surface area contributed by atoms with Crippen LogP contribution in [-0.4, -0.2) is 44.9 Å². The van der Waals surface area contributed by atoms with Gasteiger partial charge in [-0.2, -0.15) is 5.10 Å². The van der Waals surface area contributed by atoms with E-state index in [2.05, 4.69) is 36.1 Å². The summed E-state index contributed by atoms with van der Waals surface area (Å²) < 4.78 is 7.73. The number of hydrogen-bond donors (Lipinski definition) is 1. The minimum Gasteiger partial charge on any atom is -0.493 e. The van der Waals surface area contributed by atoms with Gasteiger partial charge in [0.1, 0.15) is 5.75 Å². The van der Waals surface area contributed by atoms with E-state index >= 15 is 0 Å². The molecular weight excluding hydrogens is 492 g/mol. The molecule has 0 saturated carbocycles. The minimum atomic E-state index is -1.01. The van der Waals surface area contributed by atoms with Crippen molar-refractivity contribution in [3.63, 3.8) is 0 Å². The molecular formula is C31H32N4O4. The molecule has 2 aromatic carbocycles. The Balaban J connectivity index is 1.26. The lowest BCUT2D eigenvalue weighted by Gasteiger charge is -2.31. The van der Waals surface area contributed by atoms with Crippen LogP contribution in [0.5, 0.6) is 5.75 Å². The maximum atomic E-state index is 13.2. The van der Waals surface area contributed by atoms with Crippen LogP contribution in [0.25, 0.3) is 11.1 Å². The summed E-state index contributed by atoms with van der Waals surface area (Å²) in [6.07, 6.45) is 9.62. The largest absolute Gasteiger partial charge is 0.493 e. The molecule has 4 aromatic rings. The van der Waals surface area contributed by atoms with Crippen LogP contribution in [0.4, 0.5) is 5.69 Å². The zero-order valence-corrected chi connectivity index (χ0v) is 22.3. The molecule has 0 unspecified atom stereocenters. The fourth-order valence-electron chi connectivity index (χ4n) is 5.04. The molecule has 8 nitrogen and oxygen atoms in total. The Bertz CT molecular complexity index is 1510. The summed E-state index contributed by atoms with van der Waals surface area (Å²) in [6.45, 7) is 5.74. The fourth-order valence-corrected chi connectivity index (χ4v) is 5.04. The number of carbonyl (C=O) groups is 2. The maximum absolute atomic E-state index is 13.2. The number of anilines is 1. The second-order valence-electron chi connectivity index (χ2n) is 9.92. The summed E-state index contributed by atoms with van der Waals surface area (Å²) in [5.41, 5.74) is 7.38. The molecule has 39 heavy (non-hydrogen) atoms. The molecule has 0 atom stereocenters. The lowest BCUT2D eigenvalue weighted by atomic mass is 9.93. The second-order valence-corrected chi connectivity index (χ2v) is 9.92. The average molecular weight is 525 g/mol. The third kappa shape index (κ3) is 5.85. The molecule has 0 fully saturated rings. The van der Waals surface area contributed by atoms with Gasteiger partial charge < -0.3 is 14.7 Å². The SMILES string of the molecule is Cc1cccc(OCCCC(=O)N2CCCc3c(-c4cnn(Cc5cncc(C(=O)O)c5)c4)cccc32)c1C. The number of pyridine rings is 1. The van der Waals surface area contributed by atoms with Crippen molar-refractivity contribution in [1.82, 2.24) is 14.8 Å². The maximum Gasteiger partial charge on any atom is 0.337 e. The predicted molar refractivity (Wildman–Crippen MR) is 149 cm³/mol. The van der Waals surface area contributed by atoms with Crippen molar-refractivity contribution >= 4 is 17.6 Å². The number of ether oxygens (including phenoxy) is 1. The van der Waals surface area contributed by atoms with Crippen LogP contribution < -0.4 is 9.64 Å². The molecule has 0 spiro atoms. The molecule has 1 aliphatic rings. The fraction of sp³-hybridized carbons (Fsp3) is 0.290. The van der Waals surface area contributed by atoms with Gasteiger partial charge in [0.25, 0.3) is 0 Å². The summed E-state index contributed by atoms with van der Waals surface area (Å²) >= 11 is 0. The first-order valence-corrected chi connectivity index (χ1v) is 13.2. The second kappa shape index (κ2) is 11.5. The molecule has 8 heteroatoms. The van der Waals surface area contributed by atoms with Gasteiger partial charge in [-0.1, -0.05) is 24.3 Å². The number of amides is 1. The third-order valence-electron chi connectivity index (χ3n) is 7.23. The Labute approximate surface area is 227 Å². The van der Waals surface area contributed by atoms with E-state index in [-0.39, 0.29) is 11.5 Å². The number of aromatic carboxylic acids is 1.